The predicted molar refractivity (Wildman–Crippen MR) is 36.0 cm³/mol. The molecule has 1 aliphatic rings. The number of carbonyl (C=O) groups is 1. The molecule has 1 saturated heterocycles. The van der Waals surface area contributed by atoms with Gasteiger partial charge in [-0.05, 0) is 12.8 Å². The summed E-state index contributed by atoms with van der Waals surface area (Å²) in [5.41, 5.74) is 0. The second kappa shape index (κ2) is 2.67. The van der Waals surface area contributed by atoms with Crippen molar-refractivity contribution in [3.8, 4) is 0 Å². The Labute approximate surface area is 54.9 Å². The Morgan fingerprint density at radius 3 is 3.00 bits per heavy atom. The van der Waals surface area contributed by atoms with Gasteiger partial charge in [0.1, 0.15) is 0 Å². The lowest BCUT2D eigenvalue weighted by Crippen LogP contribution is -2.36. The fourth-order valence-electron chi connectivity index (χ4n) is 1.01. The highest BCUT2D eigenvalue weighted by Gasteiger charge is 2.13. The van der Waals surface area contributed by atoms with E-state index < -0.39 is 0 Å². The molecule has 1 N–H and O–H groups in total. The minimum atomic E-state index is 0.158. The van der Waals surface area contributed by atoms with Crippen molar-refractivity contribution < 1.29 is 4.79 Å². The Morgan fingerprint density at radius 2 is 2.56 bits per heavy atom. The first-order valence-corrected chi connectivity index (χ1v) is 3.25. The van der Waals surface area contributed by atoms with Crippen LogP contribution in [0.25, 0.3) is 0 Å². The van der Waals surface area contributed by atoms with Crippen LogP contribution in [0.5, 0.6) is 0 Å². The Kier molecular flexibility index (Phi) is 1.88. The zero-order chi connectivity index (χ0) is 6.69. The molecule has 0 aromatic heterocycles. The molecule has 0 aliphatic carbocycles. The first-order valence-electron chi connectivity index (χ1n) is 3.25. The number of amides is 1. The van der Waals surface area contributed by atoms with E-state index in [2.05, 4.69) is 11.9 Å². The maximum atomic E-state index is 10.7. The summed E-state index contributed by atoms with van der Waals surface area (Å²) in [4.78, 5) is 10.7. The highest BCUT2D eigenvalue weighted by molar-refractivity contribution is 5.77. The van der Waals surface area contributed by atoms with Crippen LogP contribution in [0.4, 0.5) is 0 Å². The molecule has 2 heteroatoms. The van der Waals surface area contributed by atoms with Crippen LogP contribution in [0.3, 0.4) is 0 Å². The molecule has 1 atom stereocenters. The number of rotatable bonds is 1. The van der Waals surface area contributed by atoms with Crippen molar-refractivity contribution in [1.82, 2.24) is 5.32 Å². The van der Waals surface area contributed by atoms with Crippen molar-refractivity contribution in [2.24, 2.45) is 0 Å². The lowest BCUT2D eigenvalue weighted by Gasteiger charge is -2.19. The van der Waals surface area contributed by atoms with Gasteiger partial charge in [-0.1, -0.05) is 6.08 Å². The summed E-state index contributed by atoms with van der Waals surface area (Å²) in [6.45, 7) is 3.60. The maximum Gasteiger partial charge on any atom is 0.220 e. The highest BCUT2D eigenvalue weighted by Crippen LogP contribution is 2.07. The second-order valence-corrected chi connectivity index (χ2v) is 2.30. The zero-order valence-corrected chi connectivity index (χ0v) is 5.39. The molecule has 50 valence electrons. The van der Waals surface area contributed by atoms with Gasteiger partial charge in [0.25, 0.3) is 0 Å². The summed E-state index contributed by atoms with van der Waals surface area (Å²) < 4.78 is 0. The molecule has 1 heterocycles. The molecule has 0 saturated carbocycles. The van der Waals surface area contributed by atoms with Crippen LogP contribution in [-0.4, -0.2) is 11.9 Å². The normalized spacial score (nSPS) is 27.1. The Bertz CT molecular complexity index is 131. The fraction of sp³-hybridized carbons (Fsp3) is 0.571. The second-order valence-electron chi connectivity index (χ2n) is 2.30. The standard InChI is InChI=1S/C7H11NO/c1-2-6-4-3-5-7(9)8-6/h2,6H,1,3-5H2,(H,8,9). The molecule has 0 bridgehead atoms. The summed E-state index contributed by atoms with van der Waals surface area (Å²) >= 11 is 0. The first kappa shape index (κ1) is 6.33. The lowest BCUT2D eigenvalue weighted by atomic mass is 10.1. The molecule has 1 amide bonds. The molecule has 1 unspecified atom stereocenters. The monoisotopic (exact) mass is 125 g/mol. The number of nitrogens with one attached hydrogen (secondary N) is 1. The van der Waals surface area contributed by atoms with E-state index >= 15 is 0 Å². The quantitative estimate of drug-likeness (QED) is 0.517. The van der Waals surface area contributed by atoms with Gasteiger partial charge in [-0.3, -0.25) is 4.79 Å². The largest absolute Gasteiger partial charge is 0.350 e. The van der Waals surface area contributed by atoms with E-state index in [9.17, 15) is 4.79 Å². The van der Waals surface area contributed by atoms with Crippen molar-refractivity contribution >= 4 is 5.91 Å². The van der Waals surface area contributed by atoms with Gasteiger partial charge in [-0.25, -0.2) is 0 Å². The maximum absolute atomic E-state index is 10.7. The first-order chi connectivity index (χ1) is 4.33. The molecule has 0 aromatic rings. The third-order valence-corrected chi connectivity index (χ3v) is 1.55. The third kappa shape index (κ3) is 1.56. The molecular formula is C7H11NO. The van der Waals surface area contributed by atoms with Crippen molar-refractivity contribution in [3.05, 3.63) is 12.7 Å². The summed E-state index contributed by atoms with van der Waals surface area (Å²) in [5, 5.41) is 2.81. The van der Waals surface area contributed by atoms with E-state index in [0.717, 1.165) is 12.8 Å². The number of hydrogen-bond acceptors (Lipinski definition) is 1. The predicted octanol–water partition coefficient (Wildman–Crippen LogP) is 0.841. The molecule has 9 heavy (non-hydrogen) atoms. The highest BCUT2D eigenvalue weighted by atomic mass is 16.1. The van der Waals surface area contributed by atoms with Crippen LogP contribution >= 0.6 is 0 Å². The van der Waals surface area contributed by atoms with Gasteiger partial charge in [-0.15, -0.1) is 6.58 Å². The minimum absolute atomic E-state index is 0.158. The van der Waals surface area contributed by atoms with Crippen molar-refractivity contribution in [2.75, 3.05) is 0 Å². The number of hydrogen-bond donors (Lipinski definition) is 1. The van der Waals surface area contributed by atoms with Crippen LogP contribution in [0, 0.1) is 0 Å². The minimum Gasteiger partial charge on any atom is -0.350 e. The van der Waals surface area contributed by atoms with Gasteiger partial charge in [0.15, 0.2) is 0 Å². The van der Waals surface area contributed by atoms with Crippen LogP contribution in [0.1, 0.15) is 19.3 Å². The van der Waals surface area contributed by atoms with E-state index in [-0.39, 0.29) is 11.9 Å². The Morgan fingerprint density at radius 1 is 1.78 bits per heavy atom. The van der Waals surface area contributed by atoms with E-state index in [1.807, 2.05) is 0 Å². The van der Waals surface area contributed by atoms with Gasteiger partial charge < -0.3 is 5.32 Å². The van der Waals surface area contributed by atoms with Crippen molar-refractivity contribution in [1.29, 1.82) is 0 Å². The van der Waals surface area contributed by atoms with Gasteiger partial charge in [0.2, 0.25) is 5.91 Å². The van der Waals surface area contributed by atoms with E-state index in [0.29, 0.717) is 6.42 Å². The summed E-state index contributed by atoms with van der Waals surface area (Å²) in [7, 11) is 0. The molecule has 1 rings (SSSR count). The number of carbonyl (C=O) groups excluding carboxylic acids is 1. The smallest absolute Gasteiger partial charge is 0.220 e. The van der Waals surface area contributed by atoms with Crippen LogP contribution in [0.15, 0.2) is 12.7 Å². The summed E-state index contributed by atoms with van der Waals surface area (Å²) in [6.07, 6.45) is 4.53. The Balaban J connectivity index is 2.40. The SMILES string of the molecule is C=CC1CCCC(=O)N1. The molecule has 0 radical (unpaired) electrons. The van der Waals surface area contributed by atoms with Crippen LogP contribution < -0.4 is 5.32 Å². The van der Waals surface area contributed by atoms with Gasteiger partial charge >= 0.3 is 0 Å². The molecule has 1 fully saturated rings. The van der Waals surface area contributed by atoms with Crippen LogP contribution in [0.2, 0.25) is 0 Å². The summed E-state index contributed by atoms with van der Waals surface area (Å²) in [5.74, 6) is 0.158. The third-order valence-electron chi connectivity index (χ3n) is 1.55. The van der Waals surface area contributed by atoms with Crippen molar-refractivity contribution in [2.45, 2.75) is 25.3 Å². The average Bonchev–Trinajstić information content (AvgIpc) is 1.88. The average molecular weight is 125 g/mol. The van der Waals surface area contributed by atoms with Crippen molar-refractivity contribution in [3.63, 3.8) is 0 Å². The molecule has 1 aliphatic heterocycles. The summed E-state index contributed by atoms with van der Waals surface area (Å²) in [6, 6.07) is 0.228. The fourth-order valence-corrected chi connectivity index (χ4v) is 1.01. The molecule has 2 nitrogen and oxygen atoms in total. The zero-order valence-electron chi connectivity index (χ0n) is 5.39. The van der Waals surface area contributed by atoms with Gasteiger partial charge in [0, 0.05) is 12.5 Å². The van der Waals surface area contributed by atoms with Crippen LogP contribution in [-0.2, 0) is 4.79 Å². The van der Waals surface area contributed by atoms with E-state index in [1.165, 1.54) is 0 Å². The van der Waals surface area contributed by atoms with Gasteiger partial charge in [-0.2, -0.15) is 0 Å². The molecule has 0 spiro atoms. The molecular weight excluding hydrogens is 114 g/mol. The van der Waals surface area contributed by atoms with E-state index in [1.54, 1.807) is 6.08 Å². The molecule has 0 aromatic carbocycles. The number of piperidine rings is 1. The van der Waals surface area contributed by atoms with E-state index in [4.69, 9.17) is 0 Å². The Hall–Kier alpha value is -0.790. The lowest BCUT2D eigenvalue weighted by molar-refractivity contribution is -0.122. The van der Waals surface area contributed by atoms with Gasteiger partial charge in [0.05, 0.1) is 0 Å². The topological polar surface area (TPSA) is 29.1 Å².